The van der Waals surface area contributed by atoms with Crippen LogP contribution >= 0.6 is 0 Å². The molecule has 84 valence electrons. The van der Waals surface area contributed by atoms with E-state index < -0.39 is 0 Å². The predicted molar refractivity (Wildman–Crippen MR) is 67.9 cm³/mol. The highest BCUT2D eigenvalue weighted by Gasteiger charge is 2.07. The number of hydrogen-bond acceptors (Lipinski definition) is 2. The van der Waals surface area contributed by atoms with Crippen molar-refractivity contribution in [2.24, 2.45) is 0 Å². The Morgan fingerprint density at radius 1 is 1.12 bits per heavy atom. The first kappa shape index (κ1) is 10.0. The largest absolute Gasteiger partial charge is 0.235 e. The topological polar surface area (TPSA) is 30.2 Å². The molecule has 0 bridgehead atoms. The quantitative estimate of drug-likeness (QED) is 0.634. The highest BCUT2D eigenvalue weighted by atomic mass is 15.3. The van der Waals surface area contributed by atoms with Crippen molar-refractivity contribution in [1.29, 1.82) is 0 Å². The number of fused-ring (bicyclic) bond motifs is 1. The zero-order valence-electron chi connectivity index (χ0n) is 9.88. The van der Waals surface area contributed by atoms with Crippen LogP contribution < -0.4 is 0 Å². The molecule has 0 unspecified atom stereocenters. The predicted octanol–water partition coefficient (Wildman–Crippen LogP) is 3.01. The third kappa shape index (κ3) is 1.60. The first-order chi connectivity index (χ1) is 8.25. The van der Waals surface area contributed by atoms with Crippen molar-refractivity contribution in [1.82, 2.24) is 14.6 Å². The van der Waals surface area contributed by atoms with Crippen LogP contribution in [0.2, 0.25) is 0 Å². The van der Waals surface area contributed by atoms with Gasteiger partial charge in [0.1, 0.15) is 0 Å². The minimum absolute atomic E-state index is 0.920. The summed E-state index contributed by atoms with van der Waals surface area (Å²) in [6, 6.07) is 10.3. The van der Waals surface area contributed by atoms with Crippen LogP contribution in [0.15, 0.2) is 42.7 Å². The molecule has 3 nitrogen and oxygen atoms in total. The molecule has 0 aliphatic heterocycles. The third-order valence-electron chi connectivity index (χ3n) is 2.91. The van der Waals surface area contributed by atoms with E-state index in [1.54, 1.807) is 0 Å². The van der Waals surface area contributed by atoms with Gasteiger partial charge in [0.05, 0.1) is 11.9 Å². The molecule has 2 aromatic heterocycles. The number of nitrogens with zero attached hydrogens (tertiary/aromatic N) is 3. The Kier molecular flexibility index (Phi) is 2.18. The van der Waals surface area contributed by atoms with Gasteiger partial charge in [-0.1, -0.05) is 23.8 Å². The Morgan fingerprint density at radius 2 is 2.00 bits per heavy atom. The molecule has 0 aliphatic rings. The molecule has 0 fully saturated rings. The third-order valence-corrected chi connectivity index (χ3v) is 2.91. The van der Waals surface area contributed by atoms with Crippen molar-refractivity contribution in [2.45, 2.75) is 13.8 Å². The van der Waals surface area contributed by atoms with E-state index in [1.807, 2.05) is 29.9 Å². The van der Waals surface area contributed by atoms with Crippen LogP contribution in [-0.4, -0.2) is 14.6 Å². The van der Waals surface area contributed by atoms with Gasteiger partial charge in [0.15, 0.2) is 5.65 Å². The summed E-state index contributed by atoms with van der Waals surface area (Å²) in [5.41, 5.74) is 5.48. The molecule has 0 saturated heterocycles. The van der Waals surface area contributed by atoms with Crippen molar-refractivity contribution in [3.05, 3.63) is 53.9 Å². The van der Waals surface area contributed by atoms with Gasteiger partial charge in [0, 0.05) is 11.8 Å². The van der Waals surface area contributed by atoms with Crippen LogP contribution in [0.3, 0.4) is 0 Å². The second-order valence-corrected chi connectivity index (χ2v) is 4.26. The number of imidazole rings is 1. The van der Waals surface area contributed by atoms with Gasteiger partial charge in [-0.15, -0.1) is 0 Å². The average Bonchev–Trinajstić information content (AvgIpc) is 2.74. The number of benzene rings is 1. The molecule has 0 N–H and O–H groups in total. The van der Waals surface area contributed by atoms with Gasteiger partial charge in [-0.05, 0) is 31.5 Å². The molecule has 3 rings (SSSR count). The Hall–Kier alpha value is -2.16. The molecule has 0 saturated carbocycles. The van der Waals surface area contributed by atoms with Gasteiger partial charge in [-0.25, -0.2) is 9.50 Å². The Morgan fingerprint density at radius 3 is 2.82 bits per heavy atom. The fourth-order valence-electron chi connectivity index (χ4n) is 2.02. The zero-order valence-corrected chi connectivity index (χ0v) is 9.88. The van der Waals surface area contributed by atoms with Crippen LogP contribution in [0.25, 0.3) is 16.9 Å². The highest BCUT2D eigenvalue weighted by molar-refractivity contribution is 5.64. The van der Waals surface area contributed by atoms with E-state index in [1.165, 1.54) is 5.56 Å². The lowest BCUT2D eigenvalue weighted by Gasteiger charge is -2.02. The van der Waals surface area contributed by atoms with E-state index in [4.69, 9.17) is 0 Å². The second-order valence-electron chi connectivity index (χ2n) is 4.26. The zero-order chi connectivity index (χ0) is 11.8. The standard InChI is InChI=1S/C14H13N3/c1-10-4-3-5-12(8-10)13-9-15-14-11(2)6-7-16-17(13)14/h3-9H,1-2H3. The van der Waals surface area contributed by atoms with Crippen LogP contribution in [0, 0.1) is 13.8 Å². The van der Waals surface area contributed by atoms with Crippen LogP contribution in [0.4, 0.5) is 0 Å². The summed E-state index contributed by atoms with van der Waals surface area (Å²) in [7, 11) is 0. The van der Waals surface area contributed by atoms with E-state index in [-0.39, 0.29) is 0 Å². The smallest absolute Gasteiger partial charge is 0.157 e. The van der Waals surface area contributed by atoms with Crippen molar-refractivity contribution in [3.63, 3.8) is 0 Å². The van der Waals surface area contributed by atoms with Crippen molar-refractivity contribution >= 4 is 5.65 Å². The van der Waals surface area contributed by atoms with E-state index >= 15 is 0 Å². The molecule has 0 aliphatic carbocycles. The molecule has 1 aromatic carbocycles. The molecule has 0 radical (unpaired) electrons. The number of rotatable bonds is 1. The lowest BCUT2D eigenvalue weighted by atomic mass is 10.1. The highest BCUT2D eigenvalue weighted by Crippen LogP contribution is 2.21. The van der Waals surface area contributed by atoms with Crippen LogP contribution in [0.5, 0.6) is 0 Å². The molecule has 3 heteroatoms. The summed E-state index contributed by atoms with van der Waals surface area (Å²) in [5.74, 6) is 0. The monoisotopic (exact) mass is 223 g/mol. The maximum Gasteiger partial charge on any atom is 0.157 e. The maximum atomic E-state index is 4.42. The van der Waals surface area contributed by atoms with Gasteiger partial charge in [-0.2, -0.15) is 5.10 Å². The maximum absolute atomic E-state index is 4.42. The number of hydrogen-bond donors (Lipinski definition) is 0. The average molecular weight is 223 g/mol. The van der Waals surface area contributed by atoms with E-state index in [2.05, 4.69) is 41.3 Å². The van der Waals surface area contributed by atoms with Gasteiger partial charge in [-0.3, -0.25) is 0 Å². The van der Waals surface area contributed by atoms with E-state index in [9.17, 15) is 0 Å². The lowest BCUT2D eigenvalue weighted by Crippen LogP contribution is -1.95. The minimum atomic E-state index is 0.920. The molecule has 0 spiro atoms. The Bertz CT molecular complexity index is 683. The number of aryl methyl sites for hydroxylation is 2. The molecular weight excluding hydrogens is 210 g/mol. The van der Waals surface area contributed by atoms with Crippen molar-refractivity contribution in [2.75, 3.05) is 0 Å². The summed E-state index contributed by atoms with van der Waals surface area (Å²) in [5, 5.41) is 4.36. The summed E-state index contributed by atoms with van der Waals surface area (Å²) < 4.78 is 1.89. The van der Waals surface area contributed by atoms with Crippen LogP contribution in [0.1, 0.15) is 11.1 Å². The second kappa shape index (κ2) is 3.70. The SMILES string of the molecule is Cc1cccc(-c2cnc3c(C)ccnn23)c1. The number of aromatic nitrogens is 3. The van der Waals surface area contributed by atoms with E-state index in [0.29, 0.717) is 0 Å². The Balaban J connectivity index is 2.28. The van der Waals surface area contributed by atoms with Crippen molar-refractivity contribution < 1.29 is 0 Å². The molecule has 3 aromatic rings. The van der Waals surface area contributed by atoms with Gasteiger partial charge in [0.2, 0.25) is 0 Å². The molecule has 0 amide bonds. The molecule has 2 heterocycles. The summed E-state index contributed by atoms with van der Waals surface area (Å²) in [4.78, 5) is 4.42. The molecular formula is C14H13N3. The van der Waals surface area contributed by atoms with Crippen LogP contribution in [-0.2, 0) is 0 Å². The summed E-state index contributed by atoms with van der Waals surface area (Å²) >= 11 is 0. The lowest BCUT2D eigenvalue weighted by molar-refractivity contribution is 0.934. The van der Waals surface area contributed by atoms with Gasteiger partial charge < -0.3 is 0 Å². The molecule has 0 atom stereocenters. The normalized spacial score (nSPS) is 10.9. The summed E-state index contributed by atoms with van der Waals surface area (Å²) in [6.45, 7) is 4.13. The minimum Gasteiger partial charge on any atom is -0.235 e. The van der Waals surface area contributed by atoms with Gasteiger partial charge in [0.25, 0.3) is 0 Å². The molecule has 17 heavy (non-hydrogen) atoms. The Labute approximate surface area is 99.7 Å². The first-order valence-electron chi connectivity index (χ1n) is 5.62. The summed E-state index contributed by atoms with van der Waals surface area (Å²) in [6.07, 6.45) is 3.69. The fourth-order valence-corrected chi connectivity index (χ4v) is 2.02. The van der Waals surface area contributed by atoms with E-state index in [0.717, 1.165) is 22.5 Å². The van der Waals surface area contributed by atoms with Gasteiger partial charge >= 0.3 is 0 Å². The van der Waals surface area contributed by atoms with Crippen molar-refractivity contribution in [3.8, 4) is 11.3 Å². The fraction of sp³-hybridized carbons (Fsp3) is 0.143. The first-order valence-corrected chi connectivity index (χ1v) is 5.62.